The highest BCUT2D eigenvalue weighted by Crippen LogP contribution is 2.17. The molecule has 1 aliphatic rings. The van der Waals surface area contributed by atoms with Crippen LogP contribution in [0.3, 0.4) is 0 Å². The largest absolute Gasteiger partial charge is 0.381 e. The summed E-state index contributed by atoms with van der Waals surface area (Å²) in [5.74, 6) is 0.782. The van der Waals surface area contributed by atoms with Gasteiger partial charge in [0.05, 0.1) is 6.07 Å². The lowest BCUT2D eigenvalue weighted by atomic mass is 9.96. The van der Waals surface area contributed by atoms with E-state index in [2.05, 4.69) is 37.2 Å². The maximum Gasteiger partial charge on any atom is 0.104 e. The third-order valence-electron chi connectivity index (χ3n) is 3.98. The second-order valence-corrected chi connectivity index (χ2v) is 6.66. The Morgan fingerprint density at radius 2 is 2.05 bits per heavy atom. The van der Waals surface area contributed by atoms with E-state index >= 15 is 0 Å². The highest BCUT2D eigenvalue weighted by molar-refractivity contribution is 5.04. The van der Waals surface area contributed by atoms with Crippen molar-refractivity contribution in [2.24, 2.45) is 5.92 Å². The minimum Gasteiger partial charge on any atom is -0.381 e. The van der Waals surface area contributed by atoms with Crippen LogP contribution in [-0.2, 0) is 4.74 Å². The fourth-order valence-electron chi connectivity index (χ4n) is 2.96. The first-order valence-electron chi connectivity index (χ1n) is 7.90. The molecule has 0 aromatic rings. The van der Waals surface area contributed by atoms with Crippen LogP contribution >= 0.6 is 0 Å². The Kier molecular flexibility index (Phi) is 7.50. The molecule has 0 aromatic heterocycles. The van der Waals surface area contributed by atoms with E-state index in [1.807, 2.05) is 6.92 Å². The van der Waals surface area contributed by atoms with Crippen molar-refractivity contribution in [3.8, 4) is 6.07 Å². The molecule has 116 valence electrons. The molecule has 1 saturated heterocycles. The van der Waals surface area contributed by atoms with Gasteiger partial charge in [-0.05, 0) is 66.0 Å². The number of nitrogens with one attached hydrogen (secondary N) is 1. The Morgan fingerprint density at radius 3 is 2.60 bits per heavy atom. The molecule has 0 bridgehead atoms. The van der Waals surface area contributed by atoms with E-state index in [4.69, 9.17) is 4.74 Å². The number of hydrogen-bond acceptors (Lipinski definition) is 4. The Bertz CT molecular complexity index is 307. The summed E-state index contributed by atoms with van der Waals surface area (Å²) in [6.45, 7) is 10.2. The molecule has 4 nitrogen and oxygen atoms in total. The molecule has 1 aliphatic heterocycles. The SMILES string of the molecule is CC(C)NC(C)(C#N)CCCN(C)CC1CCOCC1. The molecule has 0 saturated carbocycles. The molecule has 4 heteroatoms. The summed E-state index contributed by atoms with van der Waals surface area (Å²) in [6.07, 6.45) is 4.34. The van der Waals surface area contributed by atoms with E-state index in [-0.39, 0.29) is 0 Å². The Labute approximate surface area is 124 Å². The third kappa shape index (κ3) is 6.69. The summed E-state index contributed by atoms with van der Waals surface area (Å²) in [6, 6.07) is 2.77. The van der Waals surface area contributed by atoms with Crippen molar-refractivity contribution in [2.45, 2.75) is 58.0 Å². The van der Waals surface area contributed by atoms with Crippen LogP contribution in [0.5, 0.6) is 0 Å². The van der Waals surface area contributed by atoms with Crippen LogP contribution < -0.4 is 5.32 Å². The van der Waals surface area contributed by atoms with E-state index in [1.54, 1.807) is 0 Å². The van der Waals surface area contributed by atoms with E-state index in [1.165, 1.54) is 12.8 Å². The Hall–Kier alpha value is -0.630. The van der Waals surface area contributed by atoms with Gasteiger partial charge in [-0.15, -0.1) is 0 Å². The minimum atomic E-state index is -0.395. The lowest BCUT2D eigenvalue weighted by molar-refractivity contribution is 0.0554. The lowest BCUT2D eigenvalue weighted by Crippen LogP contribution is -2.45. The number of hydrogen-bond donors (Lipinski definition) is 1. The number of ether oxygens (including phenoxy) is 1. The molecular weight excluding hydrogens is 250 g/mol. The first-order valence-corrected chi connectivity index (χ1v) is 7.90. The summed E-state index contributed by atoms with van der Waals surface area (Å²) in [4.78, 5) is 2.41. The van der Waals surface area contributed by atoms with Crippen molar-refractivity contribution in [2.75, 3.05) is 33.4 Å². The van der Waals surface area contributed by atoms with Gasteiger partial charge < -0.3 is 9.64 Å². The molecule has 0 spiro atoms. The third-order valence-corrected chi connectivity index (χ3v) is 3.98. The van der Waals surface area contributed by atoms with E-state index < -0.39 is 5.54 Å². The molecule has 0 aliphatic carbocycles. The average Bonchev–Trinajstić information content (AvgIpc) is 2.39. The minimum absolute atomic E-state index is 0.347. The zero-order valence-electron chi connectivity index (χ0n) is 13.6. The van der Waals surface area contributed by atoms with Gasteiger partial charge in [0.15, 0.2) is 0 Å². The fraction of sp³-hybridized carbons (Fsp3) is 0.938. The Balaban J connectivity index is 2.23. The monoisotopic (exact) mass is 281 g/mol. The van der Waals surface area contributed by atoms with E-state index in [9.17, 15) is 5.26 Å². The zero-order chi connectivity index (χ0) is 15.0. The predicted octanol–water partition coefficient (Wildman–Crippen LogP) is 2.41. The standard InChI is InChI=1S/C16H31N3O/c1-14(2)18-16(3,13-17)8-5-9-19(4)12-15-6-10-20-11-7-15/h14-15,18H,5-12H2,1-4H3. The van der Waals surface area contributed by atoms with Crippen molar-refractivity contribution in [3.05, 3.63) is 0 Å². The molecule has 1 N–H and O–H groups in total. The second-order valence-electron chi connectivity index (χ2n) is 6.66. The van der Waals surface area contributed by atoms with Crippen molar-refractivity contribution >= 4 is 0 Å². The van der Waals surface area contributed by atoms with Gasteiger partial charge in [0.25, 0.3) is 0 Å². The summed E-state index contributed by atoms with van der Waals surface area (Å²) in [5, 5.41) is 12.7. The van der Waals surface area contributed by atoms with Crippen LogP contribution in [0.15, 0.2) is 0 Å². The molecule has 20 heavy (non-hydrogen) atoms. The number of nitriles is 1. The van der Waals surface area contributed by atoms with Crippen LogP contribution in [0.25, 0.3) is 0 Å². The van der Waals surface area contributed by atoms with Gasteiger partial charge in [-0.3, -0.25) is 5.32 Å². The van der Waals surface area contributed by atoms with Crippen molar-refractivity contribution in [3.63, 3.8) is 0 Å². The molecule has 1 heterocycles. The van der Waals surface area contributed by atoms with Gasteiger partial charge >= 0.3 is 0 Å². The van der Waals surface area contributed by atoms with Crippen LogP contribution in [0, 0.1) is 17.2 Å². The molecule has 1 atom stereocenters. The molecule has 1 fully saturated rings. The van der Waals surface area contributed by atoms with Crippen LogP contribution in [0.1, 0.15) is 46.5 Å². The summed E-state index contributed by atoms with van der Waals surface area (Å²) < 4.78 is 5.40. The van der Waals surface area contributed by atoms with Gasteiger partial charge in [-0.1, -0.05) is 0 Å². The summed E-state index contributed by atoms with van der Waals surface area (Å²) >= 11 is 0. The van der Waals surface area contributed by atoms with Crippen LogP contribution in [0.2, 0.25) is 0 Å². The van der Waals surface area contributed by atoms with Gasteiger partial charge in [0.1, 0.15) is 5.54 Å². The van der Waals surface area contributed by atoms with Gasteiger partial charge in [0.2, 0.25) is 0 Å². The molecular formula is C16H31N3O. The molecule has 1 unspecified atom stereocenters. The lowest BCUT2D eigenvalue weighted by Gasteiger charge is -2.29. The van der Waals surface area contributed by atoms with Crippen molar-refractivity contribution in [1.82, 2.24) is 10.2 Å². The van der Waals surface area contributed by atoms with E-state index in [0.29, 0.717) is 6.04 Å². The first-order chi connectivity index (χ1) is 9.45. The van der Waals surface area contributed by atoms with Gasteiger partial charge in [-0.2, -0.15) is 5.26 Å². The topological polar surface area (TPSA) is 48.3 Å². The Morgan fingerprint density at radius 1 is 1.40 bits per heavy atom. The maximum atomic E-state index is 9.32. The molecule has 0 aromatic carbocycles. The normalized spacial score (nSPS) is 20.1. The smallest absolute Gasteiger partial charge is 0.104 e. The van der Waals surface area contributed by atoms with Gasteiger partial charge in [0, 0.05) is 25.8 Å². The highest BCUT2D eigenvalue weighted by Gasteiger charge is 2.24. The highest BCUT2D eigenvalue weighted by atomic mass is 16.5. The zero-order valence-corrected chi connectivity index (χ0v) is 13.6. The van der Waals surface area contributed by atoms with Gasteiger partial charge in [-0.25, -0.2) is 0 Å². The van der Waals surface area contributed by atoms with Crippen molar-refractivity contribution < 1.29 is 4.74 Å². The predicted molar refractivity (Wildman–Crippen MR) is 82.6 cm³/mol. The molecule has 0 radical (unpaired) electrons. The van der Waals surface area contributed by atoms with Crippen LogP contribution in [0.4, 0.5) is 0 Å². The fourth-order valence-corrected chi connectivity index (χ4v) is 2.96. The molecule has 1 rings (SSSR count). The number of nitrogens with zero attached hydrogens (tertiary/aromatic N) is 2. The maximum absolute atomic E-state index is 9.32. The van der Waals surface area contributed by atoms with Crippen molar-refractivity contribution in [1.29, 1.82) is 5.26 Å². The molecule has 0 amide bonds. The quantitative estimate of drug-likeness (QED) is 0.742. The second kappa shape index (κ2) is 8.61. The van der Waals surface area contributed by atoms with Crippen LogP contribution in [-0.4, -0.2) is 49.8 Å². The number of rotatable bonds is 8. The van der Waals surface area contributed by atoms with E-state index in [0.717, 1.165) is 45.1 Å². The summed E-state index contributed by atoms with van der Waals surface area (Å²) in [5.41, 5.74) is -0.395. The summed E-state index contributed by atoms with van der Waals surface area (Å²) in [7, 11) is 2.19. The first kappa shape index (κ1) is 17.4. The average molecular weight is 281 g/mol.